The van der Waals surface area contributed by atoms with Crippen molar-refractivity contribution in [2.45, 2.75) is 19.3 Å². The predicted octanol–water partition coefficient (Wildman–Crippen LogP) is 3.20. The van der Waals surface area contributed by atoms with Gasteiger partial charge in [-0.1, -0.05) is 43.9 Å². The maximum atomic E-state index is 6.33. The van der Waals surface area contributed by atoms with E-state index in [0.29, 0.717) is 0 Å². The summed E-state index contributed by atoms with van der Waals surface area (Å²) in [5.41, 5.74) is 3.82. The fourth-order valence-electron chi connectivity index (χ4n) is 4.25. The lowest BCUT2D eigenvalue weighted by Gasteiger charge is -2.40. The standard InChI is InChI=1S/C18H25N4OPS/c1-18(2)14-7-5-6-8-15(14)20(3)17(18)16-13-19-21(4)24(16,25)22-9-11-23-12-10-22/h5-8,13H,9-12H2,1-4H3/b17-16+/t24-/m0/s1. The van der Waals surface area contributed by atoms with Crippen LogP contribution in [0.3, 0.4) is 0 Å². The van der Waals surface area contributed by atoms with Crippen molar-refractivity contribution in [3.05, 3.63) is 40.8 Å². The van der Waals surface area contributed by atoms with E-state index in [1.54, 1.807) is 0 Å². The zero-order valence-electron chi connectivity index (χ0n) is 15.3. The topological polar surface area (TPSA) is 31.3 Å². The van der Waals surface area contributed by atoms with Gasteiger partial charge >= 0.3 is 0 Å². The number of anilines is 1. The Morgan fingerprint density at radius 2 is 1.84 bits per heavy atom. The van der Waals surface area contributed by atoms with E-state index in [0.717, 1.165) is 26.3 Å². The van der Waals surface area contributed by atoms with Gasteiger partial charge in [0.25, 0.3) is 0 Å². The zero-order chi connectivity index (χ0) is 17.8. The van der Waals surface area contributed by atoms with E-state index in [1.807, 2.05) is 18.0 Å². The highest BCUT2D eigenvalue weighted by atomic mass is 32.4. The molecular weight excluding hydrogens is 351 g/mol. The first-order valence-electron chi connectivity index (χ1n) is 8.68. The molecule has 1 atom stereocenters. The Hall–Kier alpha value is -1.20. The highest BCUT2D eigenvalue weighted by Crippen LogP contribution is 2.65. The third kappa shape index (κ3) is 2.35. The van der Waals surface area contributed by atoms with Crippen molar-refractivity contribution in [3.8, 4) is 0 Å². The summed E-state index contributed by atoms with van der Waals surface area (Å²) in [5.74, 6) is 0. The van der Waals surface area contributed by atoms with Crippen molar-refractivity contribution in [2.24, 2.45) is 5.10 Å². The Morgan fingerprint density at radius 3 is 2.52 bits per heavy atom. The van der Waals surface area contributed by atoms with Gasteiger partial charge in [0, 0.05) is 44.0 Å². The lowest BCUT2D eigenvalue weighted by molar-refractivity contribution is 0.0731. The minimum Gasteiger partial charge on any atom is -0.379 e. The SMILES string of the molecule is CN1/C(=C2\C=NN(C)[P@]2(=S)N2CCOCC2)C(C)(C)c2ccccc21. The lowest BCUT2D eigenvalue weighted by Crippen LogP contribution is -2.37. The van der Waals surface area contributed by atoms with E-state index in [4.69, 9.17) is 16.5 Å². The van der Waals surface area contributed by atoms with Gasteiger partial charge < -0.3 is 9.64 Å². The molecule has 1 aromatic rings. The molecule has 3 aliphatic rings. The number of ether oxygens (including phenoxy) is 1. The van der Waals surface area contributed by atoms with Crippen LogP contribution in [0.15, 0.2) is 40.4 Å². The monoisotopic (exact) mass is 376 g/mol. The average molecular weight is 376 g/mol. The molecular formula is C18H25N4OPS. The number of allylic oxidation sites excluding steroid dienone is 2. The molecule has 25 heavy (non-hydrogen) atoms. The molecule has 3 heterocycles. The van der Waals surface area contributed by atoms with Crippen molar-refractivity contribution < 1.29 is 4.74 Å². The number of para-hydroxylation sites is 1. The molecule has 0 spiro atoms. The number of hydrogen-bond acceptors (Lipinski definition) is 4. The quantitative estimate of drug-likeness (QED) is 0.703. The van der Waals surface area contributed by atoms with E-state index in [2.05, 4.69) is 59.8 Å². The molecule has 3 aliphatic heterocycles. The van der Waals surface area contributed by atoms with Gasteiger partial charge in [-0.05, 0) is 11.6 Å². The molecule has 0 aliphatic carbocycles. The Balaban J connectivity index is 1.89. The van der Waals surface area contributed by atoms with Gasteiger partial charge in [-0.3, -0.25) is 9.45 Å². The highest BCUT2D eigenvalue weighted by molar-refractivity contribution is 8.14. The molecule has 0 saturated carbocycles. The molecule has 1 saturated heterocycles. The largest absolute Gasteiger partial charge is 0.379 e. The molecule has 1 fully saturated rings. The summed E-state index contributed by atoms with van der Waals surface area (Å²) in [4.78, 5) is 2.32. The van der Waals surface area contributed by atoms with Crippen molar-refractivity contribution >= 4 is 30.0 Å². The number of nitrogens with zero attached hydrogens (tertiary/aromatic N) is 4. The van der Waals surface area contributed by atoms with Gasteiger partial charge in [-0.25, -0.2) is 0 Å². The predicted molar refractivity (Wildman–Crippen MR) is 108 cm³/mol. The van der Waals surface area contributed by atoms with Gasteiger partial charge in [0.2, 0.25) is 0 Å². The number of rotatable bonds is 1. The molecule has 1 aromatic carbocycles. The summed E-state index contributed by atoms with van der Waals surface area (Å²) in [6.07, 6.45) is -0.0962. The van der Waals surface area contributed by atoms with Gasteiger partial charge in [-0.2, -0.15) is 5.10 Å². The Labute approximate surface area is 155 Å². The maximum absolute atomic E-state index is 6.33. The van der Waals surface area contributed by atoms with Crippen LogP contribution in [0, 0.1) is 0 Å². The first-order valence-corrected chi connectivity index (χ1v) is 11.4. The van der Waals surface area contributed by atoms with Gasteiger partial charge in [0.15, 0.2) is 0 Å². The van der Waals surface area contributed by atoms with Gasteiger partial charge in [0.05, 0.1) is 24.7 Å². The second-order valence-corrected chi connectivity index (χ2v) is 11.5. The number of hydrazone groups is 1. The minimum absolute atomic E-state index is 0.0891. The number of morpholine rings is 1. The molecule has 7 heteroatoms. The van der Waals surface area contributed by atoms with Crippen LogP contribution in [-0.4, -0.2) is 56.1 Å². The smallest absolute Gasteiger partial charge is 0.148 e. The second-order valence-electron chi connectivity index (χ2n) is 7.28. The number of hydrogen-bond donors (Lipinski definition) is 0. The van der Waals surface area contributed by atoms with Crippen LogP contribution < -0.4 is 4.90 Å². The number of likely N-dealkylation sites (N-methyl/N-ethyl adjacent to an activating group) is 1. The molecule has 0 unspecified atom stereocenters. The van der Waals surface area contributed by atoms with Gasteiger partial charge in [-0.15, -0.1) is 0 Å². The van der Waals surface area contributed by atoms with Crippen molar-refractivity contribution in [3.63, 3.8) is 0 Å². The molecule has 0 bridgehead atoms. The normalized spacial score (nSPS) is 31.7. The van der Waals surface area contributed by atoms with E-state index < -0.39 is 6.34 Å². The molecule has 0 aromatic heterocycles. The van der Waals surface area contributed by atoms with E-state index >= 15 is 0 Å². The van der Waals surface area contributed by atoms with Crippen LogP contribution in [0.4, 0.5) is 5.69 Å². The third-order valence-electron chi connectivity index (χ3n) is 5.53. The molecule has 0 amide bonds. The van der Waals surface area contributed by atoms with Gasteiger partial charge in [0.1, 0.15) is 6.34 Å². The van der Waals surface area contributed by atoms with E-state index in [1.165, 1.54) is 22.3 Å². The van der Waals surface area contributed by atoms with Crippen LogP contribution in [0.5, 0.6) is 0 Å². The molecule has 5 nitrogen and oxygen atoms in total. The third-order valence-corrected chi connectivity index (χ3v) is 10.5. The molecule has 134 valence electrons. The number of fused-ring (bicyclic) bond motifs is 1. The van der Waals surface area contributed by atoms with Crippen molar-refractivity contribution in [1.29, 1.82) is 0 Å². The fraction of sp³-hybridized carbons (Fsp3) is 0.500. The average Bonchev–Trinajstić information content (AvgIpc) is 3.02. The Bertz CT molecular complexity index is 813. The summed E-state index contributed by atoms with van der Waals surface area (Å²) < 4.78 is 10.0. The number of benzene rings is 1. The van der Waals surface area contributed by atoms with Crippen LogP contribution in [0.2, 0.25) is 0 Å². The first-order chi connectivity index (χ1) is 11.9. The summed E-state index contributed by atoms with van der Waals surface area (Å²) >= 11 is 6.33. The Kier molecular flexibility index (Phi) is 4.08. The van der Waals surface area contributed by atoms with Crippen molar-refractivity contribution in [2.75, 3.05) is 45.3 Å². The second kappa shape index (κ2) is 5.92. The summed E-state index contributed by atoms with van der Waals surface area (Å²) in [7, 11) is 4.18. The summed E-state index contributed by atoms with van der Waals surface area (Å²) in [6.45, 7) is 7.83. The summed E-state index contributed by atoms with van der Waals surface area (Å²) in [5, 5.41) is 5.86. The molecule has 0 radical (unpaired) electrons. The summed E-state index contributed by atoms with van der Waals surface area (Å²) in [6, 6.07) is 8.65. The molecule has 4 rings (SSSR count). The fourth-order valence-corrected chi connectivity index (χ4v) is 8.06. The van der Waals surface area contributed by atoms with Crippen LogP contribution in [0.25, 0.3) is 0 Å². The Morgan fingerprint density at radius 1 is 1.16 bits per heavy atom. The van der Waals surface area contributed by atoms with Crippen LogP contribution in [0.1, 0.15) is 19.4 Å². The van der Waals surface area contributed by atoms with Crippen molar-refractivity contribution in [1.82, 2.24) is 9.45 Å². The van der Waals surface area contributed by atoms with E-state index in [9.17, 15) is 0 Å². The minimum atomic E-state index is -2.11. The maximum Gasteiger partial charge on any atom is 0.148 e. The van der Waals surface area contributed by atoms with Crippen LogP contribution >= 0.6 is 6.34 Å². The molecule has 0 N–H and O–H groups in total. The van der Waals surface area contributed by atoms with Crippen LogP contribution in [-0.2, 0) is 22.0 Å². The van der Waals surface area contributed by atoms with E-state index in [-0.39, 0.29) is 5.41 Å². The first kappa shape index (κ1) is 17.2. The lowest BCUT2D eigenvalue weighted by atomic mass is 9.84. The highest BCUT2D eigenvalue weighted by Gasteiger charge is 2.47. The zero-order valence-corrected chi connectivity index (χ0v) is 17.0.